The molecule has 0 bridgehead atoms. The van der Waals surface area contributed by atoms with Gasteiger partial charge in [0.15, 0.2) is 9.84 Å². The average molecular weight is 416 g/mol. The number of rotatable bonds is 7. The second kappa shape index (κ2) is 8.58. The van der Waals surface area contributed by atoms with Crippen molar-refractivity contribution >= 4 is 27.1 Å². The Balaban J connectivity index is 1.83. The minimum atomic E-state index is -3.65. The lowest BCUT2D eigenvalue weighted by atomic mass is 10.2. The molecule has 1 atom stereocenters. The summed E-state index contributed by atoms with van der Waals surface area (Å²) in [5, 5.41) is 3.74. The molecular formula is C21H21NO4S2. The molecule has 0 fully saturated rings. The van der Waals surface area contributed by atoms with Crippen LogP contribution in [0.5, 0.6) is 5.75 Å². The Morgan fingerprint density at radius 1 is 1.07 bits per heavy atom. The molecule has 1 amide bonds. The summed E-state index contributed by atoms with van der Waals surface area (Å²) in [6, 6.07) is 17.0. The Kier molecular flexibility index (Phi) is 6.16. The first kappa shape index (κ1) is 20.1. The van der Waals surface area contributed by atoms with Gasteiger partial charge >= 0.3 is 0 Å². The standard InChI is InChI=1S/C21H21NO4S2/c1-15-5-11-18(12-6-15)28(24,25)20(19-4-3-13-27-19)14-22-21(23)16-7-9-17(26-2)10-8-16/h3-13,20H,14H2,1-2H3,(H,22,23)/t20-/m1/s1. The first-order chi connectivity index (χ1) is 13.4. The molecule has 0 aliphatic rings. The largest absolute Gasteiger partial charge is 0.497 e. The van der Waals surface area contributed by atoms with E-state index in [0.717, 1.165) is 5.56 Å². The first-order valence-electron chi connectivity index (χ1n) is 8.68. The molecule has 0 unspecified atom stereocenters. The van der Waals surface area contributed by atoms with E-state index in [1.807, 2.05) is 18.4 Å². The number of sulfone groups is 1. The van der Waals surface area contributed by atoms with Gasteiger partial charge in [0.05, 0.1) is 12.0 Å². The van der Waals surface area contributed by atoms with Crippen LogP contribution in [-0.2, 0) is 9.84 Å². The first-order valence-corrected chi connectivity index (χ1v) is 11.1. The predicted molar refractivity (Wildman–Crippen MR) is 111 cm³/mol. The molecular weight excluding hydrogens is 394 g/mol. The van der Waals surface area contributed by atoms with Crippen molar-refractivity contribution in [2.75, 3.05) is 13.7 Å². The SMILES string of the molecule is COc1ccc(C(=O)NC[C@H](c2cccs2)S(=O)(=O)c2ccc(C)cc2)cc1. The number of nitrogens with one attached hydrogen (secondary N) is 1. The monoisotopic (exact) mass is 415 g/mol. The van der Waals surface area contributed by atoms with E-state index in [0.29, 0.717) is 16.2 Å². The highest BCUT2D eigenvalue weighted by Gasteiger charge is 2.30. The molecule has 1 heterocycles. The van der Waals surface area contributed by atoms with Crippen LogP contribution >= 0.6 is 11.3 Å². The van der Waals surface area contributed by atoms with Gasteiger partial charge in [-0.1, -0.05) is 23.8 Å². The van der Waals surface area contributed by atoms with Crippen molar-refractivity contribution in [3.63, 3.8) is 0 Å². The Morgan fingerprint density at radius 3 is 2.32 bits per heavy atom. The van der Waals surface area contributed by atoms with Gasteiger partial charge in [0.2, 0.25) is 0 Å². The maximum atomic E-state index is 13.2. The van der Waals surface area contributed by atoms with E-state index >= 15 is 0 Å². The second-order valence-electron chi connectivity index (χ2n) is 6.30. The van der Waals surface area contributed by atoms with E-state index < -0.39 is 15.1 Å². The van der Waals surface area contributed by atoms with Gasteiger partial charge in [0, 0.05) is 17.0 Å². The number of carbonyl (C=O) groups is 1. The Labute approximate surface area is 168 Å². The second-order valence-corrected chi connectivity index (χ2v) is 9.41. The zero-order chi connectivity index (χ0) is 20.1. The van der Waals surface area contributed by atoms with Crippen molar-refractivity contribution in [1.29, 1.82) is 0 Å². The maximum Gasteiger partial charge on any atom is 0.251 e. The Morgan fingerprint density at radius 2 is 1.75 bits per heavy atom. The van der Waals surface area contributed by atoms with E-state index in [4.69, 9.17) is 4.74 Å². The fraction of sp³-hybridized carbons (Fsp3) is 0.190. The number of methoxy groups -OCH3 is 1. The number of benzene rings is 2. The van der Waals surface area contributed by atoms with Crippen LogP contribution < -0.4 is 10.1 Å². The topological polar surface area (TPSA) is 72.5 Å². The highest BCUT2D eigenvalue weighted by molar-refractivity contribution is 7.91. The number of hydrogen-bond acceptors (Lipinski definition) is 5. The molecule has 7 heteroatoms. The van der Waals surface area contributed by atoms with E-state index in [-0.39, 0.29) is 17.3 Å². The lowest BCUT2D eigenvalue weighted by Crippen LogP contribution is -2.31. The van der Waals surface area contributed by atoms with Gasteiger partial charge in [-0.15, -0.1) is 11.3 Å². The van der Waals surface area contributed by atoms with Crippen LogP contribution in [0.25, 0.3) is 0 Å². The molecule has 1 aromatic heterocycles. The van der Waals surface area contributed by atoms with E-state index in [1.165, 1.54) is 11.3 Å². The van der Waals surface area contributed by atoms with Crippen molar-refractivity contribution in [3.05, 3.63) is 82.0 Å². The summed E-state index contributed by atoms with van der Waals surface area (Å²) in [5.41, 5.74) is 1.43. The third-order valence-corrected chi connectivity index (χ3v) is 7.62. The highest BCUT2D eigenvalue weighted by Crippen LogP contribution is 2.31. The van der Waals surface area contributed by atoms with Crippen LogP contribution in [0.4, 0.5) is 0 Å². The molecule has 0 saturated heterocycles. The summed E-state index contributed by atoms with van der Waals surface area (Å²) in [5.74, 6) is 0.318. The number of aryl methyl sites for hydroxylation is 1. The van der Waals surface area contributed by atoms with E-state index in [9.17, 15) is 13.2 Å². The molecule has 5 nitrogen and oxygen atoms in total. The van der Waals surface area contributed by atoms with E-state index in [2.05, 4.69) is 5.32 Å². The van der Waals surface area contributed by atoms with Crippen LogP contribution in [0.3, 0.4) is 0 Å². The number of amides is 1. The van der Waals surface area contributed by atoms with Crippen molar-refractivity contribution in [2.24, 2.45) is 0 Å². The van der Waals surface area contributed by atoms with Gasteiger partial charge in [-0.2, -0.15) is 0 Å². The zero-order valence-electron chi connectivity index (χ0n) is 15.6. The lowest BCUT2D eigenvalue weighted by molar-refractivity contribution is 0.0953. The molecule has 0 spiro atoms. The third-order valence-electron chi connectivity index (χ3n) is 4.38. The van der Waals surface area contributed by atoms with Crippen molar-refractivity contribution in [3.8, 4) is 5.75 Å². The summed E-state index contributed by atoms with van der Waals surface area (Å²) in [6.45, 7) is 1.89. The van der Waals surface area contributed by atoms with Gasteiger partial charge in [-0.25, -0.2) is 8.42 Å². The summed E-state index contributed by atoms with van der Waals surface area (Å²) in [7, 11) is -2.10. The molecule has 1 N–H and O–H groups in total. The van der Waals surface area contributed by atoms with Gasteiger partial charge in [0.1, 0.15) is 11.0 Å². The predicted octanol–water partition coefficient (Wildman–Crippen LogP) is 4.01. The van der Waals surface area contributed by atoms with Crippen molar-refractivity contribution in [1.82, 2.24) is 5.32 Å². The average Bonchev–Trinajstić information content (AvgIpc) is 3.22. The minimum absolute atomic E-state index is 0.0123. The maximum absolute atomic E-state index is 13.2. The quantitative estimate of drug-likeness (QED) is 0.633. The Hall–Kier alpha value is -2.64. The number of carbonyl (C=O) groups excluding carboxylic acids is 1. The molecule has 0 saturated carbocycles. The Bertz CT molecular complexity index is 1030. The summed E-state index contributed by atoms with van der Waals surface area (Å²) in [6.07, 6.45) is 0. The summed E-state index contributed by atoms with van der Waals surface area (Å²) >= 11 is 1.36. The molecule has 0 radical (unpaired) electrons. The fourth-order valence-electron chi connectivity index (χ4n) is 2.76. The zero-order valence-corrected chi connectivity index (χ0v) is 17.2. The number of hydrogen-bond donors (Lipinski definition) is 1. The number of ether oxygens (including phenoxy) is 1. The van der Waals surface area contributed by atoms with Crippen LogP contribution in [-0.4, -0.2) is 28.0 Å². The van der Waals surface area contributed by atoms with Gasteiger partial charge in [-0.05, 0) is 54.8 Å². The molecule has 146 valence electrons. The van der Waals surface area contributed by atoms with Crippen LogP contribution in [0.2, 0.25) is 0 Å². The van der Waals surface area contributed by atoms with Crippen molar-refractivity contribution < 1.29 is 17.9 Å². The molecule has 28 heavy (non-hydrogen) atoms. The molecule has 3 rings (SSSR count). The molecule has 3 aromatic rings. The summed E-state index contributed by atoms with van der Waals surface area (Å²) in [4.78, 5) is 13.4. The van der Waals surface area contributed by atoms with Crippen LogP contribution in [0.1, 0.15) is 26.0 Å². The summed E-state index contributed by atoms with van der Waals surface area (Å²) < 4.78 is 31.5. The number of thiophene rings is 1. The fourth-order valence-corrected chi connectivity index (χ4v) is 5.54. The smallest absolute Gasteiger partial charge is 0.251 e. The van der Waals surface area contributed by atoms with Gasteiger partial charge < -0.3 is 10.1 Å². The van der Waals surface area contributed by atoms with Crippen LogP contribution in [0.15, 0.2) is 70.9 Å². The van der Waals surface area contributed by atoms with Crippen LogP contribution in [0, 0.1) is 6.92 Å². The minimum Gasteiger partial charge on any atom is -0.497 e. The third kappa shape index (κ3) is 4.43. The van der Waals surface area contributed by atoms with Crippen molar-refractivity contribution in [2.45, 2.75) is 17.1 Å². The van der Waals surface area contributed by atoms with Gasteiger partial charge in [-0.3, -0.25) is 4.79 Å². The molecule has 0 aliphatic heterocycles. The molecule has 2 aromatic carbocycles. The highest BCUT2D eigenvalue weighted by atomic mass is 32.2. The van der Waals surface area contributed by atoms with Gasteiger partial charge in [0.25, 0.3) is 5.91 Å². The normalized spacial score (nSPS) is 12.4. The lowest BCUT2D eigenvalue weighted by Gasteiger charge is -2.18. The van der Waals surface area contributed by atoms with E-state index in [1.54, 1.807) is 61.7 Å². The molecule has 0 aliphatic carbocycles.